The summed E-state index contributed by atoms with van der Waals surface area (Å²) < 4.78 is 5.44. The minimum Gasteiger partial charge on any atom is -0.461 e. The van der Waals surface area contributed by atoms with Crippen molar-refractivity contribution in [3.05, 3.63) is 0 Å². The normalized spacial score (nSPS) is 38.5. The van der Waals surface area contributed by atoms with Crippen molar-refractivity contribution in [1.29, 1.82) is 0 Å². The van der Waals surface area contributed by atoms with Crippen molar-refractivity contribution in [2.24, 2.45) is 16.7 Å². The summed E-state index contributed by atoms with van der Waals surface area (Å²) in [5.74, 6) is 0.795. The van der Waals surface area contributed by atoms with E-state index in [4.69, 9.17) is 4.74 Å². The first kappa shape index (κ1) is 13.4. The predicted octanol–water partition coefficient (Wildman–Crippen LogP) is 3.92. The first-order valence-electron chi connectivity index (χ1n) is 6.63. The fourth-order valence-corrected chi connectivity index (χ4v) is 4.30. The smallest absolute Gasteiger partial charge is 0.306 e. The highest BCUT2D eigenvalue weighted by Crippen LogP contribution is 2.52. The van der Waals surface area contributed by atoms with Gasteiger partial charge in [0.1, 0.15) is 6.10 Å². The lowest BCUT2D eigenvalue weighted by Gasteiger charge is -2.43. The minimum absolute atomic E-state index is 0.00339. The Hall–Kier alpha value is -0.0500. The van der Waals surface area contributed by atoms with Gasteiger partial charge in [-0.2, -0.15) is 0 Å². The second-order valence-corrected chi connectivity index (χ2v) is 7.46. The van der Waals surface area contributed by atoms with Gasteiger partial charge in [0.15, 0.2) is 0 Å². The number of carbonyl (C=O) groups excluding carboxylic acids is 1. The average Bonchev–Trinajstić information content (AvgIpc) is 2.54. The fourth-order valence-electron chi connectivity index (χ4n) is 3.48. The molecule has 2 rings (SSSR count). The molecule has 3 heteroatoms. The van der Waals surface area contributed by atoms with Crippen molar-refractivity contribution in [2.75, 3.05) is 5.33 Å². The first-order valence-corrected chi connectivity index (χ1v) is 7.75. The molecule has 1 heterocycles. The molecule has 0 amide bonds. The monoisotopic (exact) mass is 302 g/mol. The van der Waals surface area contributed by atoms with Crippen LogP contribution in [0.1, 0.15) is 52.9 Å². The Morgan fingerprint density at radius 2 is 1.94 bits per heavy atom. The molecule has 0 radical (unpaired) electrons. The van der Waals surface area contributed by atoms with Crippen LogP contribution in [0.5, 0.6) is 0 Å². The molecular weight excluding hydrogens is 280 g/mol. The van der Waals surface area contributed by atoms with Crippen molar-refractivity contribution in [1.82, 2.24) is 0 Å². The maximum absolute atomic E-state index is 11.5. The standard InChI is InChI=1S/C14H23BrO2/c1-13(2,3)10-4-6-14(7-5-10)8-12(16)17-11(14)9-15/h10-11H,4-9H2,1-3H3. The van der Waals surface area contributed by atoms with Crippen LogP contribution in [-0.4, -0.2) is 17.4 Å². The number of hydrogen-bond donors (Lipinski definition) is 0. The summed E-state index contributed by atoms with van der Waals surface area (Å²) in [6.45, 7) is 6.98. The van der Waals surface area contributed by atoms with Crippen LogP contribution < -0.4 is 0 Å². The molecule has 1 saturated carbocycles. The van der Waals surface area contributed by atoms with Crippen molar-refractivity contribution < 1.29 is 9.53 Å². The summed E-state index contributed by atoms with van der Waals surface area (Å²) in [4.78, 5) is 11.5. The van der Waals surface area contributed by atoms with E-state index in [1.807, 2.05) is 0 Å². The molecule has 2 aliphatic rings. The molecule has 0 aromatic heterocycles. The van der Waals surface area contributed by atoms with Gasteiger partial charge in [-0.1, -0.05) is 36.7 Å². The van der Waals surface area contributed by atoms with Gasteiger partial charge in [-0.05, 0) is 37.0 Å². The lowest BCUT2D eigenvalue weighted by atomic mass is 9.62. The number of alkyl halides is 1. The number of ether oxygens (including phenoxy) is 1. The summed E-state index contributed by atoms with van der Waals surface area (Å²) >= 11 is 3.49. The number of halogens is 1. The van der Waals surface area contributed by atoms with E-state index in [9.17, 15) is 4.79 Å². The maximum Gasteiger partial charge on any atom is 0.306 e. The van der Waals surface area contributed by atoms with Gasteiger partial charge in [0.2, 0.25) is 0 Å². The summed E-state index contributed by atoms with van der Waals surface area (Å²) in [6, 6.07) is 0. The molecule has 98 valence electrons. The highest BCUT2D eigenvalue weighted by Gasteiger charge is 2.50. The van der Waals surface area contributed by atoms with Crippen LogP contribution in [0.15, 0.2) is 0 Å². The number of rotatable bonds is 1. The number of carbonyl (C=O) groups is 1. The Labute approximate surface area is 113 Å². The van der Waals surface area contributed by atoms with Crippen LogP contribution >= 0.6 is 15.9 Å². The molecule has 0 aromatic carbocycles. The third kappa shape index (κ3) is 2.54. The van der Waals surface area contributed by atoms with Crippen molar-refractivity contribution in [3.63, 3.8) is 0 Å². The molecule has 1 atom stereocenters. The third-order valence-corrected chi connectivity index (χ3v) is 5.39. The second kappa shape index (κ2) is 4.56. The van der Waals surface area contributed by atoms with Gasteiger partial charge in [-0.25, -0.2) is 0 Å². The van der Waals surface area contributed by atoms with E-state index in [1.54, 1.807) is 0 Å². The van der Waals surface area contributed by atoms with E-state index in [0.717, 1.165) is 24.1 Å². The van der Waals surface area contributed by atoms with Crippen LogP contribution in [-0.2, 0) is 9.53 Å². The number of hydrogen-bond acceptors (Lipinski definition) is 2. The average molecular weight is 303 g/mol. The summed E-state index contributed by atoms with van der Waals surface area (Å²) in [6.07, 6.45) is 5.53. The van der Waals surface area contributed by atoms with Crippen LogP contribution in [0.3, 0.4) is 0 Å². The number of cyclic esters (lactones) is 1. The van der Waals surface area contributed by atoms with Crippen LogP contribution in [0.25, 0.3) is 0 Å². The van der Waals surface area contributed by atoms with Gasteiger partial charge >= 0.3 is 5.97 Å². The van der Waals surface area contributed by atoms with E-state index >= 15 is 0 Å². The molecular formula is C14H23BrO2. The zero-order chi connectivity index (χ0) is 12.7. The summed E-state index contributed by atoms with van der Waals surface area (Å²) in [5.41, 5.74) is 0.539. The van der Waals surface area contributed by atoms with E-state index in [2.05, 4.69) is 36.7 Å². The van der Waals surface area contributed by atoms with E-state index < -0.39 is 0 Å². The van der Waals surface area contributed by atoms with Gasteiger partial charge < -0.3 is 4.74 Å². The van der Waals surface area contributed by atoms with Crippen molar-refractivity contribution in [3.8, 4) is 0 Å². The molecule has 0 bridgehead atoms. The van der Waals surface area contributed by atoms with Gasteiger partial charge in [-0.15, -0.1) is 0 Å². The molecule has 1 aliphatic heterocycles. The quantitative estimate of drug-likeness (QED) is 0.542. The highest BCUT2D eigenvalue weighted by atomic mass is 79.9. The van der Waals surface area contributed by atoms with E-state index in [1.165, 1.54) is 12.8 Å². The Balaban J connectivity index is 2.04. The largest absolute Gasteiger partial charge is 0.461 e. The second-order valence-electron chi connectivity index (χ2n) is 6.81. The molecule has 1 saturated heterocycles. The molecule has 0 aromatic rings. The van der Waals surface area contributed by atoms with Crippen LogP contribution in [0.4, 0.5) is 0 Å². The minimum atomic E-state index is 0.00339. The Morgan fingerprint density at radius 1 is 1.35 bits per heavy atom. The molecule has 2 fully saturated rings. The van der Waals surface area contributed by atoms with Crippen LogP contribution in [0, 0.1) is 16.7 Å². The SMILES string of the molecule is CC(C)(C)C1CCC2(CC1)CC(=O)OC2CBr. The Bertz CT molecular complexity index is 298. The molecule has 1 aliphatic carbocycles. The van der Waals surface area contributed by atoms with Crippen molar-refractivity contribution in [2.45, 2.75) is 59.0 Å². The van der Waals surface area contributed by atoms with Gasteiger partial charge in [-0.3, -0.25) is 4.79 Å². The van der Waals surface area contributed by atoms with E-state index in [-0.39, 0.29) is 17.5 Å². The van der Waals surface area contributed by atoms with Crippen molar-refractivity contribution >= 4 is 21.9 Å². The zero-order valence-electron chi connectivity index (χ0n) is 11.1. The predicted molar refractivity (Wildman–Crippen MR) is 72.1 cm³/mol. The molecule has 1 unspecified atom stereocenters. The summed E-state index contributed by atoms with van der Waals surface area (Å²) in [7, 11) is 0. The third-order valence-electron chi connectivity index (χ3n) is 4.80. The van der Waals surface area contributed by atoms with E-state index in [0.29, 0.717) is 11.8 Å². The Kier molecular flexibility index (Phi) is 3.59. The zero-order valence-corrected chi connectivity index (χ0v) is 12.7. The van der Waals surface area contributed by atoms with Crippen LogP contribution in [0.2, 0.25) is 0 Å². The fraction of sp³-hybridized carbons (Fsp3) is 0.929. The maximum atomic E-state index is 11.5. The first-order chi connectivity index (χ1) is 7.87. The highest BCUT2D eigenvalue weighted by molar-refractivity contribution is 9.09. The van der Waals surface area contributed by atoms with Gasteiger partial charge in [0, 0.05) is 10.7 Å². The summed E-state index contributed by atoms with van der Waals surface area (Å²) in [5, 5.41) is 0.791. The molecule has 17 heavy (non-hydrogen) atoms. The lowest BCUT2D eigenvalue weighted by Crippen LogP contribution is -2.38. The van der Waals surface area contributed by atoms with Gasteiger partial charge in [0.05, 0.1) is 6.42 Å². The molecule has 1 spiro atoms. The Morgan fingerprint density at radius 3 is 2.41 bits per heavy atom. The topological polar surface area (TPSA) is 26.3 Å². The van der Waals surface area contributed by atoms with Gasteiger partial charge in [0.25, 0.3) is 0 Å². The molecule has 0 N–H and O–H groups in total. The molecule has 2 nitrogen and oxygen atoms in total. The lowest BCUT2D eigenvalue weighted by molar-refractivity contribution is -0.141. The number of esters is 1.